The van der Waals surface area contributed by atoms with E-state index in [9.17, 15) is 4.79 Å². The fourth-order valence-electron chi connectivity index (χ4n) is 2.63. The van der Waals surface area contributed by atoms with Crippen molar-refractivity contribution >= 4 is 28.1 Å². The molecular weight excluding hydrogens is 342 g/mol. The molecule has 1 heterocycles. The monoisotopic (exact) mass is 365 g/mol. The average molecular weight is 366 g/mol. The molecule has 0 bridgehead atoms. The van der Waals surface area contributed by atoms with Crippen molar-refractivity contribution in [2.45, 2.75) is 26.3 Å². The molecule has 0 aliphatic heterocycles. The zero-order chi connectivity index (χ0) is 18.4. The maximum atomic E-state index is 12.4. The lowest BCUT2D eigenvalue weighted by molar-refractivity contribution is -0.129. The second-order valence-corrected chi connectivity index (χ2v) is 7.09. The molecule has 0 unspecified atom stereocenters. The molecule has 3 rings (SSSR count). The Morgan fingerprint density at radius 2 is 1.81 bits per heavy atom. The van der Waals surface area contributed by atoms with Crippen molar-refractivity contribution in [2.24, 2.45) is 0 Å². The first-order valence-electron chi connectivity index (χ1n) is 8.72. The summed E-state index contributed by atoms with van der Waals surface area (Å²) in [6.45, 7) is 2.75. The van der Waals surface area contributed by atoms with Gasteiger partial charge >= 0.3 is 0 Å². The molecule has 0 radical (unpaired) electrons. The van der Waals surface area contributed by atoms with E-state index in [1.165, 1.54) is 16.9 Å². The number of hydrogen-bond donors (Lipinski definition) is 1. The summed E-state index contributed by atoms with van der Waals surface area (Å²) >= 11 is 1.52. The molecule has 134 valence electrons. The van der Waals surface area contributed by atoms with Gasteiger partial charge in [-0.05, 0) is 29.7 Å². The number of rotatable bonds is 7. The van der Waals surface area contributed by atoms with Crippen LogP contribution >= 0.6 is 11.3 Å². The van der Waals surface area contributed by atoms with Crippen LogP contribution in [0.5, 0.6) is 0 Å². The van der Waals surface area contributed by atoms with Crippen molar-refractivity contribution in [2.75, 3.05) is 12.4 Å². The molecule has 0 fully saturated rings. The van der Waals surface area contributed by atoms with Crippen LogP contribution in [0.3, 0.4) is 0 Å². The average Bonchev–Trinajstić information content (AvgIpc) is 3.10. The van der Waals surface area contributed by atoms with Crippen LogP contribution in [-0.4, -0.2) is 22.8 Å². The molecule has 0 saturated heterocycles. The van der Waals surface area contributed by atoms with Crippen LogP contribution in [0.1, 0.15) is 23.7 Å². The lowest BCUT2D eigenvalue weighted by atomic mass is 10.1. The Morgan fingerprint density at radius 1 is 1.08 bits per heavy atom. The van der Waals surface area contributed by atoms with Gasteiger partial charge in [0.05, 0.1) is 12.1 Å². The molecule has 0 saturated carbocycles. The number of aryl methyl sites for hydroxylation is 1. The molecule has 0 atom stereocenters. The molecule has 2 aromatic carbocycles. The molecule has 0 aliphatic carbocycles. The van der Waals surface area contributed by atoms with E-state index < -0.39 is 0 Å². The van der Waals surface area contributed by atoms with Gasteiger partial charge in [0, 0.05) is 24.7 Å². The smallest absolute Gasteiger partial charge is 0.228 e. The standard InChI is InChI=1S/C21H23N3OS/c1-3-16-9-11-18(12-10-16)22-21-23-19(15-26-21)13-20(25)24(2)14-17-7-5-4-6-8-17/h4-12,15H,3,13-14H2,1-2H3,(H,22,23). The highest BCUT2D eigenvalue weighted by molar-refractivity contribution is 7.13. The summed E-state index contributed by atoms with van der Waals surface area (Å²) in [6.07, 6.45) is 1.34. The Hall–Kier alpha value is -2.66. The number of likely N-dealkylation sites (N-methyl/N-ethyl adjacent to an activating group) is 1. The van der Waals surface area contributed by atoms with Crippen LogP contribution in [0.25, 0.3) is 0 Å². The summed E-state index contributed by atoms with van der Waals surface area (Å²) in [7, 11) is 1.83. The normalized spacial score (nSPS) is 10.5. The van der Waals surface area contributed by atoms with Crippen LogP contribution in [0.15, 0.2) is 60.0 Å². The largest absolute Gasteiger partial charge is 0.341 e. The van der Waals surface area contributed by atoms with Crippen molar-refractivity contribution in [1.82, 2.24) is 9.88 Å². The van der Waals surface area contributed by atoms with E-state index in [1.807, 2.05) is 42.8 Å². The lowest BCUT2D eigenvalue weighted by Crippen LogP contribution is -2.27. The second kappa shape index (κ2) is 8.63. The van der Waals surface area contributed by atoms with Gasteiger partial charge in [0.25, 0.3) is 0 Å². The zero-order valence-corrected chi connectivity index (χ0v) is 15.9. The van der Waals surface area contributed by atoms with Gasteiger partial charge in [-0.2, -0.15) is 0 Å². The second-order valence-electron chi connectivity index (χ2n) is 6.23. The third kappa shape index (κ3) is 4.92. The highest BCUT2D eigenvalue weighted by Gasteiger charge is 2.12. The molecule has 1 aromatic heterocycles. The van der Waals surface area contributed by atoms with E-state index in [-0.39, 0.29) is 5.91 Å². The van der Waals surface area contributed by atoms with Gasteiger partial charge < -0.3 is 10.2 Å². The predicted octanol–water partition coefficient (Wildman–Crippen LogP) is 4.65. The molecule has 1 amide bonds. The zero-order valence-electron chi connectivity index (χ0n) is 15.1. The van der Waals surface area contributed by atoms with E-state index >= 15 is 0 Å². The number of amides is 1. The number of benzene rings is 2. The number of thiazole rings is 1. The summed E-state index contributed by atoms with van der Waals surface area (Å²) in [4.78, 5) is 18.7. The van der Waals surface area contributed by atoms with Crippen molar-refractivity contribution in [1.29, 1.82) is 0 Å². The topological polar surface area (TPSA) is 45.2 Å². The molecule has 5 heteroatoms. The van der Waals surface area contributed by atoms with E-state index in [0.29, 0.717) is 13.0 Å². The van der Waals surface area contributed by atoms with E-state index in [2.05, 4.69) is 41.5 Å². The number of anilines is 2. The number of carbonyl (C=O) groups excluding carboxylic acids is 1. The van der Waals surface area contributed by atoms with Crippen molar-refractivity contribution < 1.29 is 4.79 Å². The molecule has 26 heavy (non-hydrogen) atoms. The number of aromatic nitrogens is 1. The fourth-order valence-corrected chi connectivity index (χ4v) is 3.36. The minimum atomic E-state index is 0.0676. The summed E-state index contributed by atoms with van der Waals surface area (Å²) in [5.41, 5.74) is 4.24. The van der Waals surface area contributed by atoms with E-state index in [4.69, 9.17) is 0 Å². The van der Waals surface area contributed by atoms with Gasteiger partial charge in [-0.1, -0.05) is 49.4 Å². The maximum Gasteiger partial charge on any atom is 0.228 e. The summed E-state index contributed by atoms with van der Waals surface area (Å²) in [5.74, 6) is 0.0676. The first kappa shape index (κ1) is 18.1. The van der Waals surface area contributed by atoms with Crippen molar-refractivity contribution in [3.63, 3.8) is 0 Å². The number of hydrogen-bond acceptors (Lipinski definition) is 4. The Bertz CT molecular complexity index is 843. The molecule has 0 spiro atoms. The Labute approximate surface area is 158 Å². The molecule has 3 aromatic rings. The highest BCUT2D eigenvalue weighted by Crippen LogP contribution is 2.22. The number of nitrogens with one attached hydrogen (secondary N) is 1. The summed E-state index contributed by atoms with van der Waals surface area (Å²) in [6, 6.07) is 18.3. The van der Waals surface area contributed by atoms with Crippen molar-refractivity contribution in [3.8, 4) is 0 Å². The van der Waals surface area contributed by atoms with Crippen LogP contribution in [-0.2, 0) is 24.2 Å². The third-order valence-corrected chi connectivity index (χ3v) is 4.99. The van der Waals surface area contributed by atoms with E-state index in [0.717, 1.165) is 28.5 Å². The molecule has 4 nitrogen and oxygen atoms in total. The quantitative estimate of drug-likeness (QED) is 0.663. The van der Waals surface area contributed by atoms with Gasteiger partial charge in [0.2, 0.25) is 5.91 Å². The Kier molecular flexibility index (Phi) is 6.02. The highest BCUT2D eigenvalue weighted by atomic mass is 32.1. The maximum absolute atomic E-state index is 12.4. The lowest BCUT2D eigenvalue weighted by Gasteiger charge is -2.16. The third-order valence-electron chi connectivity index (χ3n) is 4.19. The van der Waals surface area contributed by atoms with Gasteiger partial charge in [0.1, 0.15) is 0 Å². The van der Waals surface area contributed by atoms with Crippen LogP contribution in [0.2, 0.25) is 0 Å². The first-order chi connectivity index (χ1) is 12.6. The van der Waals surface area contributed by atoms with Crippen LogP contribution < -0.4 is 5.32 Å². The molecule has 1 N–H and O–H groups in total. The molecule has 0 aliphatic rings. The Balaban J connectivity index is 1.56. The van der Waals surface area contributed by atoms with Gasteiger partial charge in [-0.25, -0.2) is 4.98 Å². The summed E-state index contributed by atoms with van der Waals surface area (Å²) < 4.78 is 0. The SMILES string of the molecule is CCc1ccc(Nc2nc(CC(=O)N(C)Cc3ccccc3)cs2)cc1. The first-order valence-corrected chi connectivity index (χ1v) is 9.60. The summed E-state index contributed by atoms with van der Waals surface area (Å²) in [5, 5.41) is 6.05. The minimum Gasteiger partial charge on any atom is -0.341 e. The van der Waals surface area contributed by atoms with Crippen LogP contribution in [0.4, 0.5) is 10.8 Å². The van der Waals surface area contributed by atoms with Gasteiger partial charge in [-0.3, -0.25) is 4.79 Å². The fraction of sp³-hybridized carbons (Fsp3) is 0.238. The van der Waals surface area contributed by atoms with E-state index in [1.54, 1.807) is 4.90 Å². The van der Waals surface area contributed by atoms with Crippen LogP contribution in [0, 0.1) is 0 Å². The predicted molar refractivity (Wildman–Crippen MR) is 108 cm³/mol. The Morgan fingerprint density at radius 3 is 2.50 bits per heavy atom. The van der Waals surface area contributed by atoms with Gasteiger partial charge in [0.15, 0.2) is 5.13 Å². The van der Waals surface area contributed by atoms with Crippen molar-refractivity contribution in [3.05, 3.63) is 76.8 Å². The minimum absolute atomic E-state index is 0.0676. The number of nitrogens with zero attached hydrogens (tertiary/aromatic N) is 2. The number of carbonyl (C=O) groups is 1. The molecular formula is C21H23N3OS. The van der Waals surface area contributed by atoms with Gasteiger partial charge in [-0.15, -0.1) is 11.3 Å².